The number of aryl methyl sites for hydroxylation is 1. The van der Waals surface area contributed by atoms with Gasteiger partial charge in [0.25, 0.3) is 5.91 Å². The normalized spacial score (nSPS) is 10.9. The SMILES string of the molecule is Cc1sc(N(Cc2ccccc2)c2ccc(C#N)nc2)nc1C(=O)NS(C)(=O)=O. The summed E-state index contributed by atoms with van der Waals surface area (Å²) in [4.78, 5) is 23.2. The van der Waals surface area contributed by atoms with Crippen molar-refractivity contribution in [1.82, 2.24) is 14.7 Å². The van der Waals surface area contributed by atoms with Crippen molar-refractivity contribution in [3.05, 3.63) is 70.5 Å². The van der Waals surface area contributed by atoms with Crippen LogP contribution in [0.25, 0.3) is 0 Å². The van der Waals surface area contributed by atoms with Crippen molar-refractivity contribution in [2.75, 3.05) is 11.2 Å². The van der Waals surface area contributed by atoms with Crippen LogP contribution in [-0.4, -0.2) is 30.5 Å². The molecule has 2 heterocycles. The zero-order chi connectivity index (χ0) is 21.0. The highest BCUT2D eigenvalue weighted by Gasteiger charge is 2.22. The third kappa shape index (κ3) is 5.16. The van der Waals surface area contributed by atoms with Crippen molar-refractivity contribution in [1.29, 1.82) is 5.26 Å². The van der Waals surface area contributed by atoms with E-state index in [4.69, 9.17) is 5.26 Å². The summed E-state index contributed by atoms with van der Waals surface area (Å²) in [7, 11) is -3.70. The molecule has 1 N–H and O–H groups in total. The van der Waals surface area contributed by atoms with Crippen molar-refractivity contribution in [3.8, 4) is 6.07 Å². The zero-order valence-electron chi connectivity index (χ0n) is 15.7. The molecule has 0 aliphatic rings. The van der Waals surface area contributed by atoms with E-state index in [0.717, 1.165) is 11.8 Å². The van der Waals surface area contributed by atoms with Crippen molar-refractivity contribution in [3.63, 3.8) is 0 Å². The maximum absolute atomic E-state index is 12.3. The van der Waals surface area contributed by atoms with Crippen LogP contribution in [0.4, 0.5) is 10.8 Å². The van der Waals surface area contributed by atoms with Gasteiger partial charge in [0.2, 0.25) is 10.0 Å². The lowest BCUT2D eigenvalue weighted by atomic mass is 10.2. The topological polar surface area (TPSA) is 116 Å². The molecule has 0 spiro atoms. The van der Waals surface area contributed by atoms with Gasteiger partial charge >= 0.3 is 0 Å². The monoisotopic (exact) mass is 427 g/mol. The summed E-state index contributed by atoms with van der Waals surface area (Å²) >= 11 is 1.27. The predicted molar refractivity (Wildman–Crippen MR) is 110 cm³/mol. The van der Waals surface area contributed by atoms with E-state index in [1.54, 1.807) is 25.3 Å². The van der Waals surface area contributed by atoms with Gasteiger partial charge in [0.15, 0.2) is 5.13 Å². The van der Waals surface area contributed by atoms with Crippen LogP contribution in [0, 0.1) is 18.3 Å². The van der Waals surface area contributed by atoms with Gasteiger partial charge in [-0.25, -0.2) is 23.1 Å². The number of carbonyl (C=O) groups excluding carboxylic acids is 1. The van der Waals surface area contributed by atoms with Crippen LogP contribution in [0.1, 0.15) is 26.6 Å². The Morgan fingerprint density at radius 1 is 1.24 bits per heavy atom. The fourth-order valence-electron chi connectivity index (χ4n) is 2.57. The molecule has 0 bridgehead atoms. The molecule has 1 aromatic carbocycles. The number of sulfonamides is 1. The highest BCUT2D eigenvalue weighted by atomic mass is 32.2. The third-order valence-electron chi connectivity index (χ3n) is 3.87. The summed E-state index contributed by atoms with van der Waals surface area (Å²) < 4.78 is 24.7. The van der Waals surface area contributed by atoms with Crippen molar-refractivity contribution >= 4 is 38.1 Å². The van der Waals surface area contributed by atoms with E-state index in [0.29, 0.717) is 22.2 Å². The highest BCUT2D eigenvalue weighted by molar-refractivity contribution is 7.89. The average Bonchev–Trinajstić information content (AvgIpc) is 3.07. The van der Waals surface area contributed by atoms with Crippen LogP contribution in [0.2, 0.25) is 0 Å². The number of hydrogen-bond acceptors (Lipinski definition) is 8. The van der Waals surface area contributed by atoms with E-state index < -0.39 is 15.9 Å². The fraction of sp³-hybridized carbons (Fsp3) is 0.158. The number of hydrogen-bond donors (Lipinski definition) is 1. The molecule has 0 fully saturated rings. The Kier molecular flexibility index (Phi) is 5.91. The summed E-state index contributed by atoms with van der Waals surface area (Å²) in [5.41, 5.74) is 2.04. The molecule has 0 radical (unpaired) electrons. The van der Waals surface area contributed by atoms with Crippen LogP contribution in [0.15, 0.2) is 48.7 Å². The number of rotatable bonds is 6. The second kappa shape index (κ2) is 8.38. The summed E-state index contributed by atoms with van der Waals surface area (Å²) in [6.07, 6.45) is 2.48. The smallest absolute Gasteiger partial charge is 0.284 e. The maximum Gasteiger partial charge on any atom is 0.284 e. The summed E-state index contributed by atoms with van der Waals surface area (Å²) in [6, 6.07) is 15.0. The van der Waals surface area contributed by atoms with E-state index in [-0.39, 0.29) is 11.4 Å². The molecule has 1 amide bonds. The van der Waals surface area contributed by atoms with Gasteiger partial charge in [-0.05, 0) is 24.6 Å². The van der Waals surface area contributed by atoms with E-state index in [9.17, 15) is 13.2 Å². The number of nitrogens with one attached hydrogen (secondary N) is 1. The molecule has 8 nitrogen and oxygen atoms in total. The highest BCUT2D eigenvalue weighted by Crippen LogP contribution is 2.32. The zero-order valence-corrected chi connectivity index (χ0v) is 17.3. The standard InChI is InChI=1S/C19H17N5O3S2/c1-13-17(18(25)23-29(2,26)27)22-19(28-13)24(12-14-6-4-3-5-7-14)16-9-8-15(10-20)21-11-16/h3-9,11H,12H2,1-2H3,(H,23,25). The van der Waals surface area contributed by atoms with Gasteiger partial charge in [-0.15, -0.1) is 11.3 Å². The van der Waals surface area contributed by atoms with E-state index in [1.807, 2.05) is 46.0 Å². The number of amides is 1. The Hall–Kier alpha value is -3.29. The second-order valence-electron chi connectivity index (χ2n) is 6.19. The van der Waals surface area contributed by atoms with Crippen LogP contribution >= 0.6 is 11.3 Å². The maximum atomic E-state index is 12.3. The van der Waals surface area contributed by atoms with Gasteiger partial charge in [0.05, 0.1) is 24.7 Å². The molecule has 0 saturated carbocycles. The molecule has 0 saturated heterocycles. The summed E-state index contributed by atoms with van der Waals surface area (Å²) in [5.74, 6) is -0.773. The molecule has 0 aliphatic carbocycles. The lowest BCUT2D eigenvalue weighted by Crippen LogP contribution is -2.30. The molecular weight excluding hydrogens is 410 g/mol. The van der Waals surface area contributed by atoms with Gasteiger partial charge in [-0.1, -0.05) is 30.3 Å². The summed E-state index contributed by atoms with van der Waals surface area (Å²) in [6.45, 7) is 2.16. The quantitative estimate of drug-likeness (QED) is 0.643. The van der Waals surface area contributed by atoms with Crippen molar-refractivity contribution in [2.45, 2.75) is 13.5 Å². The first-order chi connectivity index (χ1) is 13.8. The van der Waals surface area contributed by atoms with Gasteiger partial charge in [-0.2, -0.15) is 5.26 Å². The van der Waals surface area contributed by atoms with Crippen LogP contribution in [-0.2, 0) is 16.6 Å². The fourth-order valence-corrected chi connectivity index (χ4v) is 3.93. The van der Waals surface area contributed by atoms with E-state index >= 15 is 0 Å². The van der Waals surface area contributed by atoms with Crippen molar-refractivity contribution < 1.29 is 13.2 Å². The lowest BCUT2D eigenvalue weighted by Gasteiger charge is -2.21. The molecule has 29 heavy (non-hydrogen) atoms. The number of carbonyl (C=O) groups is 1. The van der Waals surface area contributed by atoms with Crippen LogP contribution < -0.4 is 9.62 Å². The minimum absolute atomic E-state index is 0.0510. The minimum atomic E-state index is -3.70. The molecule has 2 aromatic heterocycles. The lowest BCUT2D eigenvalue weighted by molar-refractivity contribution is 0.0977. The number of benzene rings is 1. The third-order valence-corrected chi connectivity index (χ3v) is 5.42. The van der Waals surface area contributed by atoms with Gasteiger partial charge < -0.3 is 4.90 Å². The molecule has 10 heteroatoms. The Labute approximate surface area is 172 Å². The largest absolute Gasteiger partial charge is 0.312 e. The van der Waals surface area contributed by atoms with Gasteiger partial charge in [-0.3, -0.25) is 4.79 Å². The summed E-state index contributed by atoms with van der Waals surface area (Å²) in [5, 5.41) is 9.49. The number of nitriles is 1. The first kappa shape index (κ1) is 20.4. The van der Waals surface area contributed by atoms with Crippen molar-refractivity contribution in [2.24, 2.45) is 0 Å². The Morgan fingerprint density at radius 2 is 1.97 bits per heavy atom. The first-order valence-electron chi connectivity index (χ1n) is 8.44. The molecular formula is C19H17N5O3S2. The average molecular weight is 428 g/mol. The Bertz CT molecular complexity index is 1170. The van der Waals surface area contributed by atoms with Crippen LogP contribution in [0.3, 0.4) is 0 Å². The van der Waals surface area contributed by atoms with Gasteiger partial charge in [0, 0.05) is 4.88 Å². The Morgan fingerprint density at radius 3 is 2.55 bits per heavy atom. The number of pyridine rings is 1. The molecule has 148 valence electrons. The number of aromatic nitrogens is 2. The molecule has 3 aromatic rings. The molecule has 0 atom stereocenters. The molecule has 0 unspecified atom stereocenters. The van der Waals surface area contributed by atoms with Crippen LogP contribution in [0.5, 0.6) is 0 Å². The second-order valence-corrected chi connectivity index (χ2v) is 9.12. The minimum Gasteiger partial charge on any atom is -0.312 e. The van der Waals surface area contributed by atoms with E-state index in [1.165, 1.54) is 11.3 Å². The molecule has 3 rings (SSSR count). The number of anilines is 2. The van der Waals surface area contributed by atoms with Gasteiger partial charge in [0.1, 0.15) is 17.5 Å². The number of thiazole rings is 1. The molecule has 0 aliphatic heterocycles. The Balaban J connectivity index is 2.00. The first-order valence-corrected chi connectivity index (χ1v) is 11.1. The van der Waals surface area contributed by atoms with E-state index in [2.05, 4.69) is 9.97 Å². The number of nitrogens with zero attached hydrogens (tertiary/aromatic N) is 4. The predicted octanol–water partition coefficient (Wildman–Crippen LogP) is 2.75.